The summed E-state index contributed by atoms with van der Waals surface area (Å²) in [5.74, 6) is 1.00. The molecule has 406 valence electrons. The van der Waals surface area contributed by atoms with Crippen molar-refractivity contribution in [3.05, 3.63) is 148 Å². The van der Waals surface area contributed by atoms with Gasteiger partial charge in [-0.2, -0.15) is 12.1 Å². The molecule has 14 nitrogen and oxygen atoms in total. The van der Waals surface area contributed by atoms with E-state index in [1.807, 2.05) is 76.5 Å². The van der Waals surface area contributed by atoms with E-state index in [0.29, 0.717) is 43.2 Å². The van der Waals surface area contributed by atoms with Gasteiger partial charge in [-0.1, -0.05) is 70.0 Å². The van der Waals surface area contributed by atoms with Crippen LogP contribution in [0, 0.1) is 39.4 Å². The van der Waals surface area contributed by atoms with Gasteiger partial charge in [-0.15, -0.1) is 17.3 Å². The number of hydroxylamine groups is 2. The zero-order valence-electron chi connectivity index (χ0n) is 47.3. The first-order valence-electron chi connectivity index (χ1n) is 26.2. The predicted octanol–water partition coefficient (Wildman–Crippen LogP) is 7.22. The van der Waals surface area contributed by atoms with Gasteiger partial charge in [0.25, 0.3) is 0 Å². The summed E-state index contributed by atoms with van der Waals surface area (Å²) < 4.78 is 22.0. The Labute approximate surface area is 491 Å². The van der Waals surface area contributed by atoms with Gasteiger partial charge in [0.05, 0.1) is 30.6 Å². The minimum atomic E-state index is -0.367. The number of aryl methyl sites for hydroxylation is 2. The van der Waals surface area contributed by atoms with E-state index in [1.165, 1.54) is 36.1 Å². The Morgan fingerprint density at radius 2 is 1.79 bits per heavy atom. The Hall–Kier alpha value is -4.65. The van der Waals surface area contributed by atoms with Gasteiger partial charge in [-0.25, -0.2) is 21.5 Å². The van der Waals surface area contributed by atoms with E-state index < -0.39 is 0 Å². The first-order valence-corrected chi connectivity index (χ1v) is 26.2. The maximum Gasteiger partial charge on any atom is 1.00 e. The number of aromatic nitrogens is 3. The first-order chi connectivity index (χ1) is 35.6. The van der Waals surface area contributed by atoms with Crippen molar-refractivity contribution in [1.29, 1.82) is 0 Å². The second kappa shape index (κ2) is 34.9. The van der Waals surface area contributed by atoms with Crippen LogP contribution in [-0.2, 0) is 32.2 Å². The van der Waals surface area contributed by atoms with E-state index >= 15 is 0 Å². The number of anilines is 1. The smallest absolute Gasteiger partial charge is 0.495 e. The van der Waals surface area contributed by atoms with E-state index in [1.54, 1.807) is 32.7 Å². The van der Waals surface area contributed by atoms with E-state index in [9.17, 15) is 18.8 Å². The summed E-state index contributed by atoms with van der Waals surface area (Å²) in [5, 5.41) is 17.0. The Kier molecular flexibility index (Phi) is 30.9. The first kappa shape index (κ1) is 66.5. The van der Waals surface area contributed by atoms with E-state index in [-0.39, 0.29) is 74.7 Å². The molecular formula is C59H85FKN9O5-2. The van der Waals surface area contributed by atoms with Crippen molar-refractivity contribution in [2.24, 2.45) is 11.7 Å². The van der Waals surface area contributed by atoms with Crippen molar-refractivity contribution < 1.29 is 80.1 Å². The Bertz CT molecular complexity index is 2460. The van der Waals surface area contributed by atoms with Crippen LogP contribution in [0.4, 0.5) is 10.1 Å². The Morgan fingerprint density at radius 3 is 2.33 bits per heavy atom. The number of carbonyl (C=O) groups is 2. The second-order valence-electron chi connectivity index (χ2n) is 18.2. The monoisotopic (exact) mass is 1060 g/mol. The molecule has 1 aromatic carbocycles. The molecule has 1 aliphatic carbocycles. The van der Waals surface area contributed by atoms with Crippen molar-refractivity contribution in [1.82, 2.24) is 34.9 Å². The number of nitrogens with one attached hydrogen (secondary N) is 1. The number of piperidine rings is 2. The number of ether oxygens (including phenoxy) is 1. The average molecular weight is 1060 g/mol. The van der Waals surface area contributed by atoms with Gasteiger partial charge in [0.1, 0.15) is 12.0 Å². The number of aldehydes is 1. The van der Waals surface area contributed by atoms with E-state index in [0.717, 1.165) is 121 Å². The number of carbonyl (C=O) groups excluding carboxylic acids is 3. The summed E-state index contributed by atoms with van der Waals surface area (Å²) in [6.07, 6.45) is 23.5. The SMILES string of the molecule is CC.CC.CNC(/C=C\N(C)c1ccnc(C)c1/C=C(\C)C(C)N1CC=C(c2c(C)cc([C-]=O)cc2F)CC1)=C/C=O.O=C1CCCCN1O.[CH2-]Cn1nc(CN2CCC(C3=CC(OC)=C(N)CC3)CC2)cc1[CH2-].[K+]. The molecule has 1 atom stereocenters. The number of allylic oxidation sites excluding steroid dienone is 5. The molecule has 0 radical (unpaired) electrons. The number of benzene rings is 1. The molecule has 4 N–H and O–H groups in total. The van der Waals surface area contributed by atoms with Crippen LogP contribution in [0.15, 0.2) is 89.3 Å². The number of halogens is 1. The van der Waals surface area contributed by atoms with Gasteiger partial charge < -0.3 is 37.1 Å². The van der Waals surface area contributed by atoms with Crippen LogP contribution in [-0.4, -0.2) is 113 Å². The summed E-state index contributed by atoms with van der Waals surface area (Å²) in [5.41, 5.74) is 17.9. The van der Waals surface area contributed by atoms with E-state index in [2.05, 4.69) is 77.2 Å². The molecule has 2 aromatic heterocycles. The fourth-order valence-corrected chi connectivity index (χ4v) is 9.24. The molecule has 4 aliphatic rings. The van der Waals surface area contributed by atoms with Gasteiger partial charge in [0.2, 0.25) is 5.91 Å². The van der Waals surface area contributed by atoms with Gasteiger partial charge in [-0.3, -0.25) is 29.6 Å². The number of nitrogens with two attached hydrogens (primary N) is 1. The molecule has 3 aromatic rings. The average Bonchev–Trinajstić information content (AvgIpc) is 3.78. The number of nitrogens with zero attached hydrogens (tertiary/aromatic N) is 7. The molecule has 5 heterocycles. The van der Waals surface area contributed by atoms with Crippen LogP contribution in [0.3, 0.4) is 0 Å². The molecular weight excluding hydrogens is 973 g/mol. The molecule has 0 saturated carbocycles. The predicted molar refractivity (Wildman–Crippen MR) is 299 cm³/mol. The quantitative estimate of drug-likeness (QED) is 0.0351. The molecule has 75 heavy (non-hydrogen) atoms. The molecule has 2 fully saturated rings. The number of rotatable bonds is 15. The summed E-state index contributed by atoms with van der Waals surface area (Å²) in [6, 6.07) is 7.16. The van der Waals surface area contributed by atoms with Crippen LogP contribution >= 0.6 is 0 Å². The molecule has 0 bridgehead atoms. The van der Waals surface area contributed by atoms with Crippen LogP contribution in [0.2, 0.25) is 0 Å². The van der Waals surface area contributed by atoms with Crippen LogP contribution in [0.5, 0.6) is 0 Å². The van der Waals surface area contributed by atoms with Gasteiger partial charge >= 0.3 is 51.4 Å². The fraction of sp³-hybridized carbons (Fsp3) is 0.475. The number of likely N-dealkylation sites (tertiary alicyclic amines) is 1. The third-order valence-electron chi connectivity index (χ3n) is 13.6. The number of hydrogen-bond acceptors (Lipinski definition) is 12. The Balaban J connectivity index is 0.000000440. The molecule has 0 spiro atoms. The maximum atomic E-state index is 14.7. The van der Waals surface area contributed by atoms with Gasteiger partial charge in [0, 0.05) is 88.2 Å². The van der Waals surface area contributed by atoms with Crippen molar-refractivity contribution in [3.63, 3.8) is 0 Å². The summed E-state index contributed by atoms with van der Waals surface area (Å²) in [6.45, 7) is 29.8. The fourth-order valence-electron chi connectivity index (χ4n) is 9.24. The number of hydrogen-bond donors (Lipinski definition) is 3. The number of likely N-dealkylation sites (N-methyl/N-ethyl adjacent to an activating group) is 1. The second-order valence-corrected chi connectivity index (χ2v) is 18.2. The number of pyridine rings is 1. The summed E-state index contributed by atoms with van der Waals surface area (Å²) >= 11 is 0. The third kappa shape index (κ3) is 20.0. The summed E-state index contributed by atoms with van der Waals surface area (Å²) in [4.78, 5) is 43.6. The molecule has 1 amide bonds. The van der Waals surface area contributed by atoms with E-state index in [4.69, 9.17) is 15.7 Å². The third-order valence-corrected chi connectivity index (χ3v) is 13.6. The molecule has 7 rings (SSSR count). The van der Waals surface area contributed by atoms with Crippen molar-refractivity contribution in [2.45, 2.75) is 126 Å². The number of amides is 1. The largest absolute Gasteiger partial charge is 1.00 e. The standard InChI is InChI=1S/C31H36FN4O2.C19H28N4O.C5H9NO2.2C2H6.K/c1-21(18-28-23(3)34-12-7-30(28)35(6)13-10-27(33-5)11-16-37)24(4)36-14-8-26(9-15-36)31-22(2)17-25(20-38)19-29(31)32;1-4-23-14(2)11-17(21-23)13-22-9-7-15(8-10-22)16-5-6-18(20)19(12-16)24-3;7-5-3-1-2-4-6(5)8;2*1-2;/h7-8,10-13,16-19,24,33H,9,14-15H2,1-6H3;11-12,15H,1-2,4-10,13,20H2,3H3;8H,1-4H2;2*1-2H3;/q-1;-2;;;;+1/b13-10-,21-18+,27-11+;;;;;. The minimum Gasteiger partial charge on any atom is -0.495 e. The molecule has 1 unspecified atom stereocenters. The zero-order valence-corrected chi connectivity index (χ0v) is 50.4. The van der Waals surface area contributed by atoms with Crippen LogP contribution in [0.1, 0.15) is 132 Å². The van der Waals surface area contributed by atoms with Crippen LogP contribution in [0.25, 0.3) is 11.6 Å². The van der Waals surface area contributed by atoms with Gasteiger partial charge in [0.15, 0.2) is 0 Å². The minimum absolute atomic E-state index is 0. The van der Waals surface area contributed by atoms with Crippen molar-refractivity contribution in [3.8, 4) is 0 Å². The van der Waals surface area contributed by atoms with Gasteiger partial charge in [-0.05, 0) is 120 Å². The Morgan fingerprint density at radius 1 is 1.08 bits per heavy atom. The molecule has 16 heteroatoms. The molecule has 2 saturated heterocycles. The summed E-state index contributed by atoms with van der Waals surface area (Å²) in [7, 11) is 5.44. The normalized spacial score (nSPS) is 17.0. The molecule has 3 aliphatic heterocycles. The number of methoxy groups -OCH3 is 1. The van der Waals surface area contributed by atoms with Crippen molar-refractivity contribution >= 4 is 35.8 Å². The van der Waals surface area contributed by atoms with Crippen molar-refractivity contribution in [2.75, 3.05) is 58.8 Å². The zero-order chi connectivity index (χ0) is 54.9. The van der Waals surface area contributed by atoms with Crippen LogP contribution < -0.4 is 67.3 Å². The maximum absolute atomic E-state index is 14.7. The topological polar surface area (TPSA) is 162 Å².